The number of alkyl halides is 2. The summed E-state index contributed by atoms with van der Waals surface area (Å²) < 4.78 is 30.6. The zero-order valence-corrected chi connectivity index (χ0v) is 11.6. The van der Waals surface area contributed by atoms with Gasteiger partial charge in [-0.05, 0) is 12.8 Å². The summed E-state index contributed by atoms with van der Waals surface area (Å²) in [6, 6.07) is 1.35. The van der Waals surface area contributed by atoms with Gasteiger partial charge in [0.1, 0.15) is 11.9 Å². The number of rotatable bonds is 3. The van der Waals surface area contributed by atoms with Gasteiger partial charge in [-0.1, -0.05) is 0 Å². The Morgan fingerprint density at radius 3 is 2.76 bits per heavy atom. The number of morpholine rings is 1. The Kier molecular flexibility index (Phi) is 4.05. The number of ether oxygens (including phenoxy) is 1. The van der Waals surface area contributed by atoms with E-state index in [4.69, 9.17) is 4.74 Å². The van der Waals surface area contributed by atoms with Gasteiger partial charge >= 0.3 is 0 Å². The molecule has 0 aromatic carbocycles. The summed E-state index contributed by atoms with van der Waals surface area (Å²) in [5, 5.41) is 0. The molecule has 2 saturated heterocycles. The SMILES string of the molecule is O=c1cc(N2CCOC(C(F)F)C2)nc(N2CCCC2)[nH]1. The number of nitrogens with zero attached hydrogens (tertiary/aromatic N) is 3. The number of aromatic amines is 1. The van der Waals surface area contributed by atoms with Crippen LogP contribution in [0.3, 0.4) is 0 Å². The van der Waals surface area contributed by atoms with Crippen molar-refractivity contribution in [3.8, 4) is 0 Å². The van der Waals surface area contributed by atoms with E-state index in [2.05, 4.69) is 9.97 Å². The fourth-order valence-corrected chi connectivity index (χ4v) is 2.71. The van der Waals surface area contributed by atoms with E-state index in [0.717, 1.165) is 25.9 Å². The van der Waals surface area contributed by atoms with Gasteiger partial charge in [0.25, 0.3) is 12.0 Å². The fourth-order valence-electron chi connectivity index (χ4n) is 2.71. The number of anilines is 2. The van der Waals surface area contributed by atoms with Crippen LogP contribution in [0.15, 0.2) is 10.9 Å². The number of H-pyrrole nitrogens is 1. The van der Waals surface area contributed by atoms with E-state index in [0.29, 0.717) is 18.3 Å². The van der Waals surface area contributed by atoms with Crippen LogP contribution in [0.4, 0.5) is 20.5 Å². The number of nitrogens with one attached hydrogen (secondary N) is 1. The smallest absolute Gasteiger partial charge is 0.266 e. The van der Waals surface area contributed by atoms with Crippen LogP contribution in [-0.4, -0.2) is 55.3 Å². The normalized spacial score (nSPS) is 23.1. The number of hydrogen-bond donors (Lipinski definition) is 1. The van der Waals surface area contributed by atoms with Crippen molar-refractivity contribution in [2.45, 2.75) is 25.4 Å². The first kappa shape index (κ1) is 14.2. The second-order valence-corrected chi connectivity index (χ2v) is 5.31. The standard InChI is InChI=1S/C13H18F2N4O2/c14-12(15)9-8-19(5-6-21-9)10-7-11(20)17-13(16-10)18-3-1-2-4-18/h7,9,12H,1-6,8H2,(H,16,17,20). The van der Waals surface area contributed by atoms with Gasteiger partial charge in [0.05, 0.1) is 13.2 Å². The van der Waals surface area contributed by atoms with Gasteiger partial charge in [-0.2, -0.15) is 4.98 Å². The van der Waals surface area contributed by atoms with Crippen LogP contribution in [0.25, 0.3) is 0 Å². The predicted octanol–water partition coefficient (Wildman–Crippen LogP) is 0.840. The molecule has 0 spiro atoms. The van der Waals surface area contributed by atoms with E-state index < -0.39 is 12.5 Å². The lowest BCUT2D eigenvalue weighted by Crippen LogP contribution is -2.46. The molecular formula is C13H18F2N4O2. The van der Waals surface area contributed by atoms with Gasteiger partial charge in [0.2, 0.25) is 5.95 Å². The van der Waals surface area contributed by atoms with Crippen molar-refractivity contribution in [2.75, 3.05) is 42.6 Å². The quantitative estimate of drug-likeness (QED) is 0.896. The molecule has 1 aromatic rings. The average Bonchev–Trinajstić information content (AvgIpc) is 3.01. The van der Waals surface area contributed by atoms with Crippen LogP contribution in [0.5, 0.6) is 0 Å². The molecule has 116 valence electrons. The Balaban J connectivity index is 1.82. The maximum atomic E-state index is 12.8. The zero-order chi connectivity index (χ0) is 14.8. The maximum absolute atomic E-state index is 12.8. The van der Waals surface area contributed by atoms with E-state index in [9.17, 15) is 13.6 Å². The van der Waals surface area contributed by atoms with E-state index in [-0.39, 0.29) is 18.7 Å². The summed E-state index contributed by atoms with van der Waals surface area (Å²) in [7, 11) is 0. The molecule has 8 heteroatoms. The van der Waals surface area contributed by atoms with Crippen molar-refractivity contribution < 1.29 is 13.5 Å². The Labute approximate surface area is 120 Å². The summed E-state index contributed by atoms with van der Waals surface area (Å²) in [5.74, 6) is 0.963. The highest BCUT2D eigenvalue weighted by Crippen LogP contribution is 2.20. The largest absolute Gasteiger partial charge is 0.369 e. The highest BCUT2D eigenvalue weighted by atomic mass is 19.3. The number of aromatic nitrogens is 2. The predicted molar refractivity (Wildman–Crippen MR) is 74.3 cm³/mol. The van der Waals surface area contributed by atoms with E-state index >= 15 is 0 Å². The Bertz CT molecular complexity index is 545. The zero-order valence-electron chi connectivity index (χ0n) is 11.6. The van der Waals surface area contributed by atoms with E-state index in [1.807, 2.05) is 4.90 Å². The molecule has 3 heterocycles. The molecule has 1 atom stereocenters. The lowest BCUT2D eigenvalue weighted by Gasteiger charge is -2.33. The minimum absolute atomic E-state index is 0.0492. The molecule has 2 fully saturated rings. The molecule has 0 amide bonds. The fraction of sp³-hybridized carbons (Fsp3) is 0.692. The highest BCUT2D eigenvalue weighted by Gasteiger charge is 2.29. The van der Waals surface area contributed by atoms with Crippen LogP contribution >= 0.6 is 0 Å². The van der Waals surface area contributed by atoms with Crippen molar-refractivity contribution in [2.24, 2.45) is 0 Å². The first-order chi connectivity index (χ1) is 10.1. The molecule has 0 bridgehead atoms. The summed E-state index contributed by atoms with van der Waals surface area (Å²) in [6.45, 7) is 2.43. The lowest BCUT2D eigenvalue weighted by molar-refractivity contribution is -0.0615. The van der Waals surface area contributed by atoms with Crippen molar-refractivity contribution in [3.05, 3.63) is 16.4 Å². The molecule has 2 aliphatic heterocycles. The summed E-state index contributed by atoms with van der Waals surface area (Å²) in [6.07, 6.45) is -1.53. The third-order valence-electron chi connectivity index (χ3n) is 3.82. The highest BCUT2D eigenvalue weighted by molar-refractivity contribution is 5.44. The second kappa shape index (κ2) is 5.97. The molecule has 1 unspecified atom stereocenters. The lowest BCUT2D eigenvalue weighted by atomic mass is 10.3. The van der Waals surface area contributed by atoms with Crippen LogP contribution in [-0.2, 0) is 4.74 Å². The number of halogens is 2. The Morgan fingerprint density at radius 1 is 1.29 bits per heavy atom. The molecule has 21 heavy (non-hydrogen) atoms. The van der Waals surface area contributed by atoms with Gasteiger partial charge in [-0.25, -0.2) is 8.78 Å². The third-order valence-corrected chi connectivity index (χ3v) is 3.82. The Hall–Kier alpha value is -1.70. The molecule has 1 N–H and O–H groups in total. The average molecular weight is 300 g/mol. The maximum Gasteiger partial charge on any atom is 0.266 e. The molecule has 3 rings (SSSR count). The molecule has 1 aromatic heterocycles. The molecular weight excluding hydrogens is 282 g/mol. The van der Waals surface area contributed by atoms with Gasteiger partial charge in [0, 0.05) is 25.7 Å². The minimum atomic E-state index is -2.53. The first-order valence-electron chi connectivity index (χ1n) is 7.14. The number of hydrogen-bond acceptors (Lipinski definition) is 5. The first-order valence-corrected chi connectivity index (χ1v) is 7.14. The Morgan fingerprint density at radius 2 is 2.05 bits per heavy atom. The molecule has 0 radical (unpaired) electrons. The van der Waals surface area contributed by atoms with E-state index in [1.54, 1.807) is 4.90 Å². The summed E-state index contributed by atoms with van der Waals surface area (Å²) in [5.41, 5.74) is -0.262. The van der Waals surface area contributed by atoms with Gasteiger partial charge in [-0.3, -0.25) is 9.78 Å². The summed E-state index contributed by atoms with van der Waals surface area (Å²) >= 11 is 0. The molecule has 0 saturated carbocycles. The van der Waals surface area contributed by atoms with Crippen molar-refractivity contribution in [1.82, 2.24) is 9.97 Å². The topological polar surface area (TPSA) is 61.5 Å². The van der Waals surface area contributed by atoms with Crippen LogP contribution in [0, 0.1) is 0 Å². The third kappa shape index (κ3) is 3.15. The van der Waals surface area contributed by atoms with Gasteiger partial charge in [-0.15, -0.1) is 0 Å². The molecule has 0 aliphatic carbocycles. The van der Waals surface area contributed by atoms with Crippen molar-refractivity contribution in [3.63, 3.8) is 0 Å². The van der Waals surface area contributed by atoms with Gasteiger partial charge in [0.15, 0.2) is 0 Å². The van der Waals surface area contributed by atoms with Crippen molar-refractivity contribution in [1.29, 1.82) is 0 Å². The van der Waals surface area contributed by atoms with E-state index in [1.165, 1.54) is 6.07 Å². The van der Waals surface area contributed by atoms with Crippen LogP contribution in [0.2, 0.25) is 0 Å². The van der Waals surface area contributed by atoms with Crippen LogP contribution < -0.4 is 15.4 Å². The summed E-state index contributed by atoms with van der Waals surface area (Å²) in [4.78, 5) is 22.6. The minimum Gasteiger partial charge on any atom is -0.369 e. The monoisotopic (exact) mass is 300 g/mol. The molecule has 2 aliphatic rings. The van der Waals surface area contributed by atoms with Crippen molar-refractivity contribution >= 4 is 11.8 Å². The molecule has 6 nitrogen and oxygen atoms in total. The van der Waals surface area contributed by atoms with Crippen LogP contribution in [0.1, 0.15) is 12.8 Å². The van der Waals surface area contributed by atoms with Gasteiger partial charge < -0.3 is 14.5 Å². The second-order valence-electron chi connectivity index (χ2n) is 5.31.